The van der Waals surface area contributed by atoms with Gasteiger partial charge in [0.05, 0.1) is 0 Å². The molecule has 2 aromatic rings. The van der Waals surface area contributed by atoms with Gasteiger partial charge in [-0.1, -0.05) is 36.4 Å². The summed E-state index contributed by atoms with van der Waals surface area (Å²) in [4.78, 5) is 2.25. The minimum atomic E-state index is 0.177. The first-order valence-electron chi connectivity index (χ1n) is 6.85. The zero-order valence-electron chi connectivity index (χ0n) is 12.4. The second-order valence-corrected chi connectivity index (χ2v) is 5.99. The third-order valence-corrected chi connectivity index (χ3v) is 3.91. The van der Waals surface area contributed by atoms with Crippen LogP contribution in [0.25, 0.3) is 10.8 Å². The molecule has 0 spiro atoms. The standard InChI is InChI=1S/C17H24N2/c1-17(2,19(3)4)13-18-12-14-9-10-15-7-5-6-8-16(15)11-14/h5-11,18H,12-13H2,1-4H3. The van der Waals surface area contributed by atoms with Gasteiger partial charge in [0, 0.05) is 18.6 Å². The molecule has 0 heterocycles. The van der Waals surface area contributed by atoms with Crippen molar-refractivity contribution in [1.29, 1.82) is 0 Å². The molecule has 0 fully saturated rings. The van der Waals surface area contributed by atoms with Gasteiger partial charge >= 0.3 is 0 Å². The van der Waals surface area contributed by atoms with E-state index >= 15 is 0 Å². The summed E-state index contributed by atoms with van der Waals surface area (Å²) in [5, 5.41) is 6.17. The van der Waals surface area contributed by atoms with Crippen LogP contribution in [0.5, 0.6) is 0 Å². The highest BCUT2D eigenvalue weighted by Gasteiger charge is 2.19. The molecule has 0 amide bonds. The van der Waals surface area contributed by atoms with Gasteiger partial charge in [-0.05, 0) is 50.3 Å². The third-order valence-electron chi connectivity index (χ3n) is 3.91. The van der Waals surface area contributed by atoms with Crippen molar-refractivity contribution < 1.29 is 0 Å². The summed E-state index contributed by atoms with van der Waals surface area (Å²) in [6, 6.07) is 15.2. The molecule has 0 aromatic heterocycles. The molecule has 0 aliphatic rings. The van der Waals surface area contributed by atoms with Crippen LogP contribution < -0.4 is 5.32 Å². The monoisotopic (exact) mass is 256 g/mol. The smallest absolute Gasteiger partial charge is 0.0271 e. The molecule has 0 unspecified atom stereocenters. The van der Waals surface area contributed by atoms with E-state index in [-0.39, 0.29) is 5.54 Å². The summed E-state index contributed by atoms with van der Waals surface area (Å²) in [6.45, 7) is 6.40. The zero-order chi connectivity index (χ0) is 13.9. The van der Waals surface area contributed by atoms with Gasteiger partial charge in [0.15, 0.2) is 0 Å². The molecule has 0 saturated heterocycles. The van der Waals surface area contributed by atoms with E-state index in [1.807, 2.05) is 0 Å². The van der Waals surface area contributed by atoms with Gasteiger partial charge in [-0.3, -0.25) is 0 Å². The van der Waals surface area contributed by atoms with Crippen molar-refractivity contribution in [2.24, 2.45) is 0 Å². The van der Waals surface area contributed by atoms with Crippen molar-refractivity contribution in [3.05, 3.63) is 48.0 Å². The number of likely N-dealkylation sites (N-methyl/N-ethyl adjacent to an activating group) is 1. The number of benzene rings is 2. The molecule has 2 heteroatoms. The average molecular weight is 256 g/mol. The van der Waals surface area contributed by atoms with Crippen LogP contribution in [0.2, 0.25) is 0 Å². The van der Waals surface area contributed by atoms with Crippen LogP contribution in [0.4, 0.5) is 0 Å². The Labute approximate surface area is 116 Å². The zero-order valence-corrected chi connectivity index (χ0v) is 12.4. The molecule has 0 saturated carbocycles. The Balaban J connectivity index is 1.98. The van der Waals surface area contributed by atoms with Crippen LogP contribution in [0.3, 0.4) is 0 Å². The predicted octanol–water partition coefficient (Wildman–Crippen LogP) is 3.27. The van der Waals surface area contributed by atoms with Crippen LogP contribution >= 0.6 is 0 Å². The number of hydrogen-bond donors (Lipinski definition) is 1. The van der Waals surface area contributed by atoms with Gasteiger partial charge in [-0.2, -0.15) is 0 Å². The van der Waals surface area contributed by atoms with E-state index in [9.17, 15) is 0 Å². The Morgan fingerprint density at radius 1 is 1.00 bits per heavy atom. The SMILES string of the molecule is CN(C)C(C)(C)CNCc1ccc2ccccc2c1. The van der Waals surface area contributed by atoms with Crippen molar-refractivity contribution in [1.82, 2.24) is 10.2 Å². The maximum atomic E-state index is 3.55. The van der Waals surface area contributed by atoms with E-state index in [1.54, 1.807) is 0 Å². The Kier molecular flexibility index (Phi) is 4.23. The second kappa shape index (κ2) is 5.72. The summed E-state index contributed by atoms with van der Waals surface area (Å²) in [5.74, 6) is 0. The number of hydrogen-bond acceptors (Lipinski definition) is 2. The van der Waals surface area contributed by atoms with Crippen molar-refractivity contribution in [2.45, 2.75) is 25.9 Å². The first kappa shape index (κ1) is 14.0. The highest BCUT2D eigenvalue weighted by molar-refractivity contribution is 5.82. The molecular weight excluding hydrogens is 232 g/mol. The lowest BCUT2D eigenvalue weighted by molar-refractivity contribution is 0.190. The first-order chi connectivity index (χ1) is 8.99. The van der Waals surface area contributed by atoms with E-state index in [4.69, 9.17) is 0 Å². The Morgan fingerprint density at radius 2 is 1.68 bits per heavy atom. The van der Waals surface area contributed by atoms with E-state index in [0.717, 1.165) is 13.1 Å². The summed E-state index contributed by atoms with van der Waals surface area (Å²) < 4.78 is 0. The van der Waals surface area contributed by atoms with Crippen molar-refractivity contribution in [3.8, 4) is 0 Å². The maximum Gasteiger partial charge on any atom is 0.0271 e. The molecular formula is C17H24N2. The molecule has 2 nitrogen and oxygen atoms in total. The van der Waals surface area contributed by atoms with Gasteiger partial charge in [-0.15, -0.1) is 0 Å². The predicted molar refractivity (Wildman–Crippen MR) is 83.4 cm³/mol. The number of nitrogens with zero attached hydrogens (tertiary/aromatic N) is 1. The lowest BCUT2D eigenvalue weighted by atomic mass is 10.0. The van der Waals surface area contributed by atoms with E-state index in [2.05, 4.69) is 80.6 Å². The lowest BCUT2D eigenvalue weighted by Crippen LogP contribution is -2.46. The van der Waals surface area contributed by atoms with E-state index in [1.165, 1.54) is 16.3 Å². The second-order valence-electron chi connectivity index (χ2n) is 5.99. The number of fused-ring (bicyclic) bond motifs is 1. The van der Waals surface area contributed by atoms with Crippen molar-refractivity contribution in [3.63, 3.8) is 0 Å². The quantitative estimate of drug-likeness (QED) is 0.883. The maximum absolute atomic E-state index is 3.55. The largest absolute Gasteiger partial charge is 0.311 e. The summed E-state index contributed by atoms with van der Waals surface area (Å²) in [6.07, 6.45) is 0. The molecule has 1 N–H and O–H groups in total. The van der Waals surface area contributed by atoms with Gasteiger partial charge in [-0.25, -0.2) is 0 Å². The van der Waals surface area contributed by atoms with Gasteiger partial charge in [0.25, 0.3) is 0 Å². The van der Waals surface area contributed by atoms with Gasteiger partial charge in [0.1, 0.15) is 0 Å². The average Bonchev–Trinajstić information content (AvgIpc) is 2.38. The molecule has 0 radical (unpaired) electrons. The topological polar surface area (TPSA) is 15.3 Å². The van der Waals surface area contributed by atoms with E-state index in [0.29, 0.717) is 0 Å². The van der Waals surface area contributed by atoms with Gasteiger partial charge < -0.3 is 10.2 Å². The minimum Gasteiger partial charge on any atom is -0.311 e. The Morgan fingerprint density at radius 3 is 2.37 bits per heavy atom. The lowest BCUT2D eigenvalue weighted by Gasteiger charge is -2.32. The first-order valence-corrected chi connectivity index (χ1v) is 6.85. The molecule has 0 aliphatic carbocycles. The fourth-order valence-electron chi connectivity index (χ4n) is 2.02. The molecule has 102 valence electrons. The van der Waals surface area contributed by atoms with E-state index < -0.39 is 0 Å². The summed E-state index contributed by atoms with van der Waals surface area (Å²) in [7, 11) is 4.25. The molecule has 0 aliphatic heterocycles. The normalized spacial score (nSPS) is 12.3. The molecule has 19 heavy (non-hydrogen) atoms. The summed E-state index contributed by atoms with van der Waals surface area (Å²) >= 11 is 0. The van der Waals surface area contributed by atoms with Crippen molar-refractivity contribution in [2.75, 3.05) is 20.6 Å². The fourth-order valence-corrected chi connectivity index (χ4v) is 2.02. The molecule has 0 atom stereocenters. The Bertz CT molecular complexity index is 544. The summed E-state index contributed by atoms with van der Waals surface area (Å²) in [5.41, 5.74) is 1.52. The highest BCUT2D eigenvalue weighted by atomic mass is 15.2. The van der Waals surface area contributed by atoms with Crippen LogP contribution in [-0.4, -0.2) is 31.1 Å². The van der Waals surface area contributed by atoms with Gasteiger partial charge in [0.2, 0.25) is 0 Å². The third kappa shape index (κ3) is 3.55. The van der Waals surface area contributed by atoms with Crippen molar-refractivity contribution >= 4 is 10.8 Å². The van der Waals surface area contributed by atoms with Crippen LogP contribution in [0, 0.1) is 0 Å². The number of rotatable bonds is 5. The fraction of sp³-hybridized carbons (Fsp3) is 0.412. The van der Waals surface area contributed by atoms with Crippen LogP contribution in [-0.2, 0) is 6.54 Å². The molecule has 2 aromatic carbocycles. The molecule has 0 bridgehead atoms. The Hall–Kier alpha value is -1.38. The van der Waals surface area contributed by atoms with Crippen LogP contribution in [0.1, 0.15) is 19.4 Å². The highest BCUT2D eigenvalue weighted by Crippen LogP contribution is 2.16. The molecule has 2 rings (SSSR count). The minimum absolute atomic E-state index is 0.177. The van der Waals surface area contributed by atoms with Crippen LogP contribution in [0.15, 0.2) is 42.5 Å². The number of nitrogens with one attached hydrogen (secondary N) is 1.